The van der Waals surface area contributed by atoms with E-state index in [0.29, 0.717) is 3.79 Å². The Morgan fingerprint density at radius 3 is 2.67 bits per heavy atom. The van der Waals surface area contributed by atoms with Gasteiger partial charge in [0.1, 0.15) is 3.79 Å². The highest BCUT2D eigenvalue weighted by molar-refractivity contribution is 9.11. The lowest BCUT2D eigenvalue weighted by Crippen LogP contribution is -1.83. The van der Waals surface area contributed by atoms with Gasteiger partial charge < -0.3 is 0 Å². The zero-order chi connectivity index (χ0) is 6.85. The lowest BCUT2D eigenvalue weighted by molar-refractivity contribution is -0.385. The average Bonchev–Trinajstić information content (AvgIpc) is 2.13. The molecule has 0 fully saturated rings. The fraction of sp³-hybridized carbons (Fsp3) is 0. The van der Waals surface area contributed by atoms with Crippen LogP contribution in [0, 0.1) is 10.1 Å². The van der Waals surface area contributed by atoms with E-state index in [2.05, 4.69) is 15.9 Å². The topological polar surface area (TPSA) is 43.1 Å². The maximum absolute atomic E-state index is 10.1. The van der Waals surface area contributed by atoms with E-state index in [9.17, 15) is 10.1 Å². The van der Waals surface area contributed by atoms with E-state index in [4.69, 9.17) is 0 Å². The van der Waals surface area contributed by atoms with Gasteiger partial charge in [-0.3, -0.25) is 10.1 Å². The zero-order valence-electron chi connectivity index (χ0n) is 4.20. The van der Waals surface area contributed by atoms with Crippen LogP contribution in [-0.2, 0) is 0 Å². The summed E-state index contributed by atoms with van der Waals surface area (Å²) in [6.07, 6.45) is 0. The highest BCUT2D eigenvalue weighted by atomic mass is 79.9. The summed E-state index contributed by atoms with van der Waals surface area (Å²) in [5.41, 5.74) is 0.139. The third-order valence-electron chi connectivity index (χ3n) is 0.795. The Bertz CT molecular complexity index is 234. The van der Waals surface area contributed by atoms with Gasteiger partial charge in [-0.25, -0.2) is 0 Å². The number of halogens is 1. The molecule has 0 aliphatic rings. The van der Waals surface area contributed by atoms with Crippen LogP contribution in [0.1, 0.15) is 0 Å². The van der Waals surface area contributed by atoms with Crippen molar-refractivity contribution in [3.63, 3.8) is 0 Å². The zero-order valence-corrected chi connectivity index (χ0v) is 6.61. The predicted octanol–water partition coefficient (Wildman–Crippen LogP) is 2.42. The Balaban J connectivity index is 3.08. The minimum Gasteiger partial charge on any atom is -0.258 e. The summed E-state index contributed by atoms with van der Waals surface area (Å²) in [5.74, 6) is 0. The van der Waals surface area contributed by atoms with Crippen LogP contribution in [0.5, 0.6) is 0 Å². The molecule has 0 aliphatic heterocycles. The van der Waals surface area contributed by atoms with Gasteiger partial charge in [0, 0.05) is 6.07 Å². The van der Waals surface area contributed by atoms with Crippen LogP contribution < -0.4 is 0 Å². The molecule has 0 saturated carbocycles. The lowest BCUT2D eigenvalue weighted by Gasteiger charge is -1.82. The molecule has 1 heterocycles. The highest BCUT2D eigenvalue weighted by Gasteiger charge is 2.10. The van der Waals surface area contributed by atoms with Gasteiger partial charge in [0.25, 0.3) is 5.69 Å². The maximum Gasteiger partial charge on any atom is 0.294 e. The quantitative estimate of drug-likeness (QED) is 0.525. The maximum atomic E-state index is 10.1. The molecule has 0 bridgehead atoms. The van der Waals surface area contributed by atoms with Gasteiger partial charge in [0.2, 0.25) is 0 Å². The van der Waals surface area contributed by atoms with Crippen LogP contribution in [-0.4, -0.2) is 4.92 Å². The summed E-state index contributed by atoms with van der Waals surface area (Å²) < 4.78 is 0.576. The minimum atomic E-state index is -0.416. The molecule has 1 aromatic heterocycles. The van der Waals surface area contributed by atoms with Crippen LogP contribution in [0.25, 0.3) is 0 Å². The summed E-state index contributed by atoms with van der Waals surface area (Å²) >= 11 is 4.35. The standard InChI is InChI=1S/C4H2BrNO2S/c5-4-3(6(7)8)1-2-9-4/h1-2H. The smallest absolute Gasteiger partial charge is 0.258 e. The van der Waals surface area contributed by atoms with Crippen molar-refractivity contribution in [3.8, 4) is 0 Å². The van der Waals surface area contributed by atoms with Gasteiger partial charge in [-0.1, -0.05) is 0 Å². The van der Waals surface area contributed by atoms with E-state index < -0.39 is 4.92 Å². The van der Waals surface area contributed by atoms with Crippen LogP contribution in [0.2, 0.25) is 0 Å². The molecular formula is C4H2BrNO2S. The fourth-order valence-corrected chi connectivity index (χ4v) is 1.60. The van der Waals surface area contributed by atoms with E-state index in [1.165, 1.54) is 17.4 Å². The van der Waals surface area contributed by atoms with Crippen LogP contribution in [0.15, 0.2) is 15.2 Å². The molecule has 0 radical (unpaired) electrons. The van der Waals surface area contributed by atoms with Crippen LogP contribution in [0.4, 0.5) is 5.69 Å². The van der Waals surface area contributed by atoms with Crippen LogP contribution in [0.3, 0.4) is 0 Å². The van der Waals surface area contributed by atoms with Crippen molar-refractivity contribution in [1.82, 2.24) is 0 Å². The van der Waals surface area contributed by atoms with Crippen molar-refractivity contribution in [2.24, 2.45) is 0 Å². The monoisotopic (exact) mass is 207 g/mol. The van der Waals surface area contributed by atoms with Crippen molar-refractivity contribution in [3.05, 3.63) is 25.3 Å². The molecule has 1 aromatic rings. The third-order valence-corrected chi connectivity index (χ3v) is 2.45. The van der Waals surface area contributed by atoms with Gasteiger partial charge in [-0.05, 0) is 21.3 Å². The number of hydrogen-bond donors (Lipinski definition) is 0. The highest BCUT2D eigenvalue weighted by Crippen LogP contribution is 2.29. The molecule has 0 aromatic carbocycles. The predicted molar refractivity (Wildman–Crippen MR) is 38.7 cm³/mol. The van der Waals surface area contributed by atoms with Crippen molar-refractivity contribution in [2.75, 3.05) is 0 Å². The average molecular weight is 208 g/mol. The molecule has 0 spiro atoms. The summed E-state index contributed by atoms with van der Waals surface area (Å²) in [4.78, 5) is 9.65. The fourth-order valence-electron chi connectivity index (χ4n) is 0.417. The van der Waals surface area contributed by atoms with E-state index in [0.717, 1.165) is 0 Å². The second-order valence-corrected chi connectivity index (χ2v) is 3.57. The van der Waals surface area contributed by atoms with E-state index in [1.807, 2.05) is 0 Å². The number of nitrogens with zero attached hydrogens (tertiary/aromatic N) is 1. The Morgan fingerprint density at radius 1 is 1.78 bits per heavy atom. The molecule has 48 valence electrons. The third kappa shape index (κ3) is 1.28. The van der Waals surface area contributed by atoms with Gasteiger partial charge in [0.05, 0.1) is 4.92 Å². The Morgan fingerprint density at radius 2 is 2.44 bits per heavy atom. The molecule has 0 amide bonds. The normalized spacial score (nSPS) is 9.44. The van der Waals surface area contributed by atoms with Crippen molar-refractivity contribution in [1.29, 1.82) is 0 Å². The first kappa shape index (κ1) is 6.70. The van der Waals surface area contributed by atoms with Crippen molar-refractivity contribution < 1.29 is 4.92 Å². The summed E-state index contributed by atoms with van der Waals surface area (Å²) in [5, 5.41) is 11.7. The lowest BCUT2D eigenvalue weighted by atomic mass is 10.6. The second-order valence-electron chi connectivity index (χ2n) is 1.34. The molecule has 0 unspecified atom stereocenters. The molecule has 0 aliphatic carbocycles. The first-order valence-electron chi connectivity index (χ1n) is 2.09. The number of hydrogen-bond acceptors (Lipinski definition) is 3. The van der Waals surface area contributed by atoms with Gasteiger partial charge in [-0.15, -0.1) is 11.3 Å². The van der Waals surface area contributed by atoms with E-state index >= 15 is 0 Å². The van der Waals surface area contributed by atoms with Gasteiger partial charge in [-0.2, -0.15) is 0 Å². The number of rotatable bonds is 1. The Labute approximate surface area is 63.6 Å². The summed E-state index contributed by atoms with van der Waals surface area (Å²) in [6.45, 7) is 0. The van der Waals surface area contributed by atoms with Gasteiger partial charge in [0.15, 0.2) is 0 Å². The first-order valence-corrected chi connectivity index (χ1v) is 3.76. The second kappa shape index (κ2) is 2.45. The van der Waals surface area contributed by atoms with Gasteiger partial charge >= 0.3 is 0 Å². The van der Waals surface area contributed by atoms with Crippen LogP contribution >= 0.6 is 27.3 Å². The Hall–Kier alpha value is -0.420. The van der Waals surface area contributed by atoms with Crippen molar-refractivity contribution in [2.45, 2.75) is 0 Å². The summed E-state index contributed by atoms with van der Waals surface area (Å²) in [6, 6.07) is 1.47. The molecule has 0 saturated heterocycles. The molecule has 1 rings (SSSR count). The minimum absolute atomic E-state index is 0.139. The SMILES string of the molecule is O=[N+]([O-])c1ccsc1Br. The van der Waals surface area contributed by atoms with E-state index in [-0.39, 0.29) is 5.69 Å². The molecule has 3 nitrogen and oxygen atoms in total. The number of nitro groups is 1. The molecule has 9 heavy (non-hydrogen) atoms. The summed E-state index contributed by atoms with van der Waals surface area (Å²) in [7, 11) is 0. The molecule has 5 heteroatoms. The van der Waals surface area contributed by atoms with Crippen molar-refractivity contribution >= 4 is 33.0 Å². The molecular weight excluding hydrogens is 206 g/mol. The molecule has 0 atom stereocenters. The first-order chi connectivity index (χ1) is 4.22. The Kier molecular flexibility index (Phi) is 1.82. The molecule has 0 N–H and O–H groups in total. The van der Waals surface area contributed by atoms with E-state index in [1.54, 1.807) is 5.38 Å². The largest absolute Gasteiger partial charge is 0.294 e. The number of thiophene rings is 1.